The van der Waals surface area contributed by atoms with E-state index >= 15 is 0 Å². The molecule has 2 N–H and O–H groups in total. The molecular weight excluding hydrogens is 417 g/mol. The van der Waals surface area contributed by atoms with Crippen molar-refractivity contribution >= 4 is 61.7 Å². The molecule has 0 aromatic heterocycles. The van der Waals surface area contributed by atoms with Gasteiger partial charge in [0.15, 0.2) is 5.17 Å². The number of benzene rings is 2. The van der Waals surface area contributed by atoms with Crippen LogP contribution in [0.15, 0.2) is 52.4 Å². The Balaban J connectivity index is 1.74. The van der Waals surface area contributed by atoms with Gasteiger partial charge in [-0.3, -0.25) is 14.5 Å². The molecule has 0 radical (unpaired) electrons. The molecule has 26 heavy (non-hydrogen) atoms. The van der Waals surface area contributed by atoms with Crippen molar-refractivity contribution in [3.63, 3.8) is 0 Å². The Labute approximate surface area is 165 Å². The summed E-state index contributed by atoms with van der Waals surface area (Å²) in [6.45, 7) is 0.688. The molecule has 1 heterocycles. The molecule has 1 amide bonds. The van der Waals surface area contributed by atoms with Gasteiger partial charge in [-0.15, -0.1) is 0 Å². The molecule has 0 saturated heterocycles. The Morgan fingerprint density at radius 3 is 2.50 bits per heavy atom. The number of anilines is 1. The second kappa shape index (κ2) is 7.87. The lowest BCUT2D eigenvalue weighted by Crippen LogP contribution is -2.27. The fraction of sp³-hybridized carbons (Fsp3) is 0.125. The van der Waals surface area contributed by atoms with Gasteiger partial charge in [0.2, 0.25) is 0 Å². The van der Waals surface area contributed by atoms with E-state index in [4.69, 9.17) is 23.2 Å². The van der Waals surface area contributed by atoms with Gasteiger partial charge in [0, 0.05) is 22.0 Å². The van der Waals surface area contributed by atoms with E-state index in [1.54, 1.807) is 0 Å². The molecule has 0 fully saturated rings. The van der Waals surface area contributed by atoms with Crippen molar-refractivity contribution in [1.82, 2.24) is 5.32 Å². The minimum atomic E-state index is -3.91. The van der Waals surface area contributed by atoms with Crippen molar-refractivity contribution < 1.29 is 13.2 Å². The lowest BCUT2D eigenvalue weighted by molar-refractivity contribution is 0.0978. The van der Waals surface area contributed by atoms with E-state index in [2.05, 4.69) is 15.0 Å². The molecule has 0 spiro atoms. The maximum absolute atomic E-state index is 12.5. The van der Waals surface area contributed by atoms with Gasteiger partial charge in [-0.1, -0.05) is 35.0 Å². The molecule has 1 aliphatic heterocycles. The number of sulfonamides is 1. The number of carbonyl (C=O) groups excluding carboxylic acids is 1. The number of rotatable bonds is 4. The number of carbonyl (C=O) groups is 1. The molecule has 0 aliphatic carbocycles. The Kier molecular flexibility index (Phi) is 5.76. The zero-order valence-electron chi connectivity index (χ0n) is 13.2. The van der Waals surface area contributed by atoms with Gasteiger partial charge in [0.05, 0.1) is 11.6 Å². The number of halogens is 2. The van der Waals surface area contributed by atoms with Gasteiger partial charge in [0.25, 0.3) is 15.9 Å². The molecule has 1 aliphatic rings. The fourth-order valence-electron chi connectivity index (χ4n) is 2.16. The maximum atomic E-state index is 12.5. The first-order valence-corrected chi connectivity index (χ1v) is 10.6. The predicted molar refractivity (Wildman–Crippen MR) is 106 cm³/mol. The quantitative estimate of drug-likeness (QED) is 0.776. The van der Waals surface area contributed by atoms with Crippen molar-refractivity contribution in [1.29, 1.82) is 0 Å². The van der Waals surface area contributed by atoms with Gasteiger partial charge < -0.3 is 5.32 Å². The van der Waals surface area contributed by atoms with Crippen LogP contribution in [-0.2, 0) is 10.0 Å². The SMILES string of the molecule is O=C(NC1=NCCS1)c1ccc(NS(=O)(=O)c2cc(Cl)ccc2Cl)cc1. The summed E-state index contributed by atoms with van der Waals surface area (Å²) in [6.07, 6.45) is 0. The van der Waals surface area contributed by atoms with Crippen LogP contribution in [0, 0.1) is 0 Å². The van der Waals surface area contributed by atoms with Crippen LogP contribution in [0.2, 0.25) is 10.0 Å². The monoisotopic (exact) mass is 429 g/mol. The smallest absolute Gasteiger partial charge is 0.263 e. The number of hydrogen-bond acceptors (Lipinski definition) is 5. The largest absolute Gasteiger partial charge is 0.301 e. The van der Waals surface area contributed by atoms with Crippen LogP contribution in [-0.4, -0.2) is 31.8 Å². The first kappa shape index (κ1) is 19.0. The van der Waals surface area contributed by atoms with Gasteiger partial charge >= 0.3 is 0 Å². The molecule has 3 rings (SSSR count). The average molecular weight is 430 g/mol. The number of thioether (sulfide) groups is 1. The van der Waals surface area contributed by atoms with E-state index in [0.717, 1.165) is 5.75 Å². The fourth-order valence-corrected chi connectivity index (χ4v) is 4.71. The molecular formula is C16H13Cl2N3O3S2. The van der Waals surface area contributed by atoms with E-state index < -0.39 is 10.0 Å². The Bertz CT molecular complexity index is 977. The third kappa shape index (κ3) is 4.50. The number of aliphatic imine (C=N–C) groups is 1. The van der Waals surface area contributed by atoms with Crippen LogP contribution in [0.4, 0.5) is 5.69 Å². The first-order chi connectivity index (χ1) is 12.3. The second-order valence-electron chi connectivity index (χ2n) is 5.25. The number of nitrogens with zero attached hydrogens (tertiary/aromatic N) is 1. The highest BCUT2D eigenvalue weighted by Crippen LogP contribution is 2.27. The summed E-state index contributed by atoms with van der Waals surface area (Å²) in [6, 6.07) is 10.2. The third-order valence-corrected chi connectivity index (χ3v) is 6.38. The minimum Gasteiger partial charge on any atom is -0.301 e. The van der Waals surface area contributed by atoms with Crippen molar-refractivity contribution in [3.05, 3.63) is 58.1 Å². The average Bonchev–Trinajstić information content (AvgIpc) is 3.10. The second-order valence-corrected chi connectivity index (χ2v) is 8.83. The highest BCUT2D eigenvalue weighted by Gasteiger charge is 2.19. The molecule has 2 aromatic carbocycles. The standard InChI is InChI=1S/C16H13Cl2N3O3S2/c17-11-3-6-13(18)14(9-11)26(23,24)21-12-4-1-10(2-5-12)15(22)20-16-19-7-8-25-16/h1-6,9,21H,7-8H2,(H,19,20,22). The van der Waals surface area contributed by atoms with E-state index in [0.29, 0.717) is 23.0 Å². The van der Waals surface area contributed by atoms with Crippen molar-refractivity contribution in [2.24, 2.45) is 4.99 Å². The van der Waals surface area contributed by atoms with Crippen LogP contribution in [0.25, 0.3) is 0 Å². The predicted octanol–water partition coefficient (Wildman–Crippen LogP) is 3.63. The Hall–Kier alpha value is -1.74. The summed E-state index contributed by atoms with van der Waals surface area (Å²) < 4.78 is 27.4. The zero-order chi connectivity index (χ0) is 18.7. The molecule has 0 atom stereocenters. The van der Waals surface area contributed by atoms with Crippen LogP contribution < -0.4 is 10.0 Å². The molecule has 0 bridgehead atoms. The van der Waals surface area contributed by atoms with Gasteiger partial charge in [-0.05, 0) is 42.5 Å². The summed E-state index contributed by atoms with van der Waals surface area (Å²) in [5.74, 6) is 0.549. The Morgan fingerprint density at radius 1 is 1.12 bits per heavy atom. The molecule has 10 heteroatoms. The minimum absolute atomic E-state index is 0.0627. The molecule has 6 nitrogen and oxygen atoms in total. The van der Waals surface area contributed by atoms with Crippen LogP contribution in [0.3, 0.4) is 0 Å². The Morgan fingerprint density at radius 2 is 1.85 bits per heavy atom. The van der Waals surface area contributed by atoms with E-state index in [1.165, 1.54) is 54.2 Å². The topological polar surface area (TPSA) is 87.6 Å². The van der Waals surface area contributed by atoms with Crippen LogP contribution in [0.1, 0.15) is 10.4 Å². The highest BCUT2D eigenvalue weighted by atomic mass is 35.5. The number of nitrogens with one attached hydrogen (secondary N) is 2. The first-order valence-electron chi connectivity index (χ1n) is 7.42. The zero-order valence-corrected chi connectivity index (χ0v) is 16.3. The summed E-state index contributed by atoms with van der Waals surface area (Å²) in [7, 11) is -3.91. The normalized spacial score (nSPS) is 14.0. The number of hydrogen-bond donors (Lipinski definition) is 2. The molecule has 0 unspecified atom stereocenters. The number of amides is 1. The maximum Gasteiger partial charge on any atom is 0.263 e. The van der Waals surface area contributed by atoms with E-state index in [9.17, 15) is 13.2 Å². The molecule has 2 aromatic rings. The van der Waals surface area contributed by atoms with Crippen LogP contribution >= 0.6 is 35.0 Å². The van der Waals surface area contributed by atoms with Gasteiger partial charge in [-0.2, -0.15) is 0 Å². The summed E-state index contributed by atoms with van der Waals surface area (Å²) in [4.78, 5) is 16.2. The van der Waals surface area contributed by atoms with Crippen molar-refractivity contribution in [2.45, 2.75) is 4.90 Å². The third-order valence-electron chi connectivity index (χ3n) is 3.39. The van der Waals surface area contributed by atoms with E-state index in [-0.39, 0.29) is 20.8 Å². The lowest BCUT2D eigenvalue weighted by atomic mass is 10.2. The van der Waals surface area contributed by atoms with Gasteiger partial charge in [0.1, 0.15) is 4.90 Å². The lowest BCUT2D eigenvalue weighted by Gasteiger charge is -2.10. The van der Waals surface area contributed by atoms with E-state index in [1.807, 2.05) is 0 Å². The summed E-state index contributed by atoms with van der Waals surface area (Å²) in [5, 5.41) is 3.62. The van der Waals surface area contributed by atoms with Crippen molar-refractivity contribution in [2.75, 3.05) is 17.0 Å². The van der Waals surface area contributed by atoms with Crippen molar-refractivity contribution in [3.8, 4) is 0 Å². The van der Waals surface area contributed by atoms with Crippen LogP contribution in [0.5, 0.6) is 0 Å². The molecule has 0 saturated carbocycles. The summed E-state index contributed by atoms with van der Waals surface area (Å²) >= 11 is 13.3. The highest BCUT2D eigenvalue weighted by molar-refractivity contribution is 8.14. The van der Waals surface area contributed by atoms with Gasteiger partial charge in [-0.25, -0.2) is 8.42 Å². The molecule has 136 valence electrons. The number of amidine groups is 1. The summed E-state index contributed by atoms with van der Waals surface area (Å²) in [5.41, 5.74) is 0.689.